The minimum absolute atomic E-state index is 0.494. The summed E-state index contributed by atoms with van der Waals surface area (Å²) in [5, 5.41) is 0. The SMILES string of the molecule is C=CCCCCC1CCC(CCc2cc(F)c(OC(F)F)c(F)c2)CC1. The van der Waals surface area contributed by atoms with Gasteiger partial charge in [0.15, 0.2) is 17.4 Å². The number of unbranched alkanes of at least 4 members (excludes halogenated alkanes) is 2. The number of ether oxygens (including phenoxy) is 1. The molecular weight excluding hydrogens is 344 g/mol. The molecule has 146 valence electrons. The van der Waals surface area contributed by atoms with Crippen molar-refractivity contribution in [3.63, 3.8) is 0 Å². The Kier molecular flexibility index (Phi) is 8.46. The Morgan fingerprint density at radius 3 is 2.12 bits per heavy atom. The van der Waals surface area contributed by atoms with E-state index in [1.54, 1.807) is 0 Å². The van der Waals surface area contributed by atoms with Crippen LogP contribution in [0.3, 0.4) is 0 Å². The highest BCUT2D eigenvalue weighted by Crippen LogP contribution is 2.34. The van der Waals surface area contributed by atoms with E-state index in [0.29, 0.717) is 17.9 Å². The van der Waals surface area contributed by atoms with Crippen molar-refractivity contribution in [3.8, 4) is 5.75 Å². The number of hydrogen-bond donors (Lipinski definition) is 0. The first kappa shape index (κ1) is 20.8. The van der Waals surface area contributed by atoms with Crippen molar-refractivity contribution in [1.29, 1.82) is 0 Å². The second kappa shape index (κ2) is 10.6. The summed E-state index contributed by atoms with van der Waals surface area (Å²) >= 11 is 0. The van der Waals surface area contributed by atoms with Crippen LogP contribution in [0, 0.1) is 23.5 Å². The number of benzene rings is 1. The van der Waals surface area contributed by atoms with Crippen molar-refractivity contribution >= 4 is 0 Å². The van der Waals surface area contributed by atoms with E-state index < -0.39 is 24.0 Å². The first-order valence-corrected chi connectivity index (χ1v) is 9.53. The lowest BCUT2D eigenvalue weighted by Crippen LogP contribution is -2.15. The van der Waals surface area contributed by atoms with Crippen LogP contribution in [-0.2, 0) is 6.42 Å². The quantitative estimate of drug-likeness (QED) is 0.243. The Morgan fingerprint density at radius 2 is 1.58 bits per heavy atom. The zero-order valence-corrected chi connectivity index (χ0v) is 15.2. The first-order chi connectivity index (χ1) is 12.5. The molecule has 0 bridgehead atoms. The molecule has 0 atom stereocenters. The molecule has 1 aliphatic carbocycles. The molecule has 1 aromatic rings. The number of aryl methyl sites for hydroxylation is 1. The summed E-state index contributed by atoms with van der Waals surface area (Å²) in [5.74, 6) is -1.76. The summed E-state index contributed by atoms with van der Waals surface area (Å²) in [6.07, 6.45) is 13.0. The predicted octanol–water partition coefficient (Wildman–Crippen LogP) is 7.05. The van der Waals surface area contributed by atoms with Gasteiger partial charge in [-0.2, -0.15) is 8.78 Å². The predicted molar refractivity (Wildman–Crippen MR) is 95.4 cm³/mol. The van der Waals surface area contributed by atoms with E-state index in [0.717, 1.165) is 43.7 Å². The summed E-state index contributed by atoms with van der Waals surface area (Å²) in [4.78, 5) is 0. The standard InChI is InChI=1S/C21H28F4O/c1-2-3-4-5-6-15-7-9-16(10-8-15)11-12-17-13-18(22)20(19(23)14-17)26-21(24)25/h2,13-16,21H,1,3-12H2. The van der Waals surface area contributed by atoms with E-state index in [-0.39, 0.29) is 0 Å². The Hall–Kier alpha value is -1.52. The fraction of sp³-hybridized carbons (Fsp3) is 0.619. The van der Waals surface area contributed by atoms with Gasteiger partial charge in [0.2, 0.25) is 0 Å². The van der Waals surface area contributed by atoms with Crippen LogP contribution in [0.4, 0.5) is 17.6 Å². The van der Waals surface area contributed by atoms with Crippen molar-refractivity contribution in [2.45, 2.75) is 70.8 Å². The molecule has 1 fully saturated rings. The summed E-state index contributed by atoms with van der Waals surface area (Å²) in [6, 6.07) is 2.21. The lowest BCUT2D eigenvalue weighted by molar-refractivity contribution is -0.0546. The third kappa shape index (κ3) is 6.65. The summed E-state index contributed by atoms with van der Waals surface area (Å²) < 4.78 is 55.7. The Bertz CT molecular complexity index is 542. The molecule has 0 amide bonds. The van der Waals surface area contributed by atoms with Crippen LogP contribution in [0.5, 0.6) is 5.75 Å². The Balaban J connectivity index is 1.75. The first-order valence-electron chi connectivity index (χ1n) is 9.53. The fourth-order valence-corrected chi connectivity index (χ4v) is 3.86. The van der Waals surface area contributed by atoms with Crippen molar-refractivity contribution < 1.29 is 22.3 Å². The van der Waals surface area contributed by atoms with Gasteiger partial charge in [-0.15, -0.1) is 6.58 Å². The molecule has 1 saturated carbocycles. The lowest BCUT2D eigenvalue weighted by atomic mass is 9.78. The molecule has 0 heterocycles. The average molecular weight is 372 g/mol. The van der Waals surface area contributed by atoms with Gasteiger partial charge in [-0.05, 0) is 55.2 Å². The molecule has 26 heavy (non-hydrogen) atoms. The normalized spacial score (nSPS) is 20.3. The van der Waals surface area contributed by atoms with Crippen LogP contribution in [0.25, 0.3) is 0 Å². The third-order valence-corrected chi connectivity index (χ3v) is 5.34. The van der Waals surface area contributed by atoms with Gasteiger partial charge < -0.3 is 4.74 Å². The molecule has 1 aromatic carbocycles. The largest absolute Gasteiger partial charge is 0.429 e. The summed E-state index contributed by atoms with van der Waals surface area (Å²) in [5.41, 5.74) is 0.494. The molecule has 0 aliphatic heterocycles. The number of rotatable bonds is 10. The highest BCUT2D eigenvalue weighted by molar-refractivity contribution is 5.31. The van der Waals surface area contributed by atoms with Crippen LogP contribution in [-0.4, -0.2) is 6.61 Å². The molecule has 2 rings (SSSR count). The van der Waals surface area contributed by atoms with Gasteiger partial charge in [0.1, 0.15) is 0 Å². The van der Waals surface area contributed by atoms with Crippen molar-refractivity contribution in [1.82, 2.24) is 0 Å². The summed E-state index contributed by atoms with van der Waals surface area (Å²) in [7, 11) is 0. The van der Waals surface area contributed by atoms with Gasteiger partial charge >= 0.3 is 6.61 Å². The molecule has 5 heteroatoms. The topological polar surface area (TPSA) is 9.23 Å². The lowest BCUT2D eigenvalue weighted by Gasteiger charge is -2.28. The number of allylic oxidation sites excluding steroid dienone is 1. The third-order valence-electron chi connectivity index (χ3n) is 5.34. The monoisotopic (exact) mass is 372 g/mol. The molecule has 0 radical (unpaired) electrons. The van der Waals surface area contributed by atoms with Crippen molar-refractivity contribution in [2.75, 3.05) is 0 Å². The molecule has 0 unspecified atom stereocenters. The van der Waals surface area contributed by atoms with Crippen LogP contribution in [0.2, 0.25) is 0 Å². The zero-order chi connectivity index (χ0) is 18.9. The molecule has 1 aliphatic rings. The highest BCUT2D eigenvalue weighted by Gasteiger charge is 2.21. The van der Waals surface area contributed by atoms with Gasteiger partial charge in [0.25, 0.3) is 0 Å². The molecule has 0 N–H and O–H groups in total. The van der Waals surface area contributed by atoms with Gasteiger partial charge in [0, 0.05) is 0 Å². The van der Waals surface area contributed by atoms with E-state index >= 15 is 0 Å². The minimum Gasteiger partial charge on any atom is -0.429 e. The minimum atomic E-state index is -3.24. The van der Waals surface area contributed by atoms with E-state index in [4.69, 9.17) is 0 Å². The molecule has 1 nitrogen and oxygen atoms in total. The Labute approximate surface area is 153 Å². The smallest absolute Gasteiger partial charge is 0.387 e. The van der Waals surface area contributed by atoms with Gasteiger partial charge in [0.05, 0.1) is 0 Å². The highest BCUT2D eigenvalue weighted by atomic mass is 19.3. The number of hydrogen-bond acceptors (Lipinski definition) is 1. The van der Waals surface area contributed by atoms with Crippen molar-refractivity contribution in [2.24, 2.45) is 11.8 Å². The fourth-order valence-electron chi connectivity index (χ4n) is 3.86. The van der Waals surface area contributed by atoms with Gasteiger partial charge in [-0.3, -0.25) is 0 Å². The number of alkyl halides is 2. The second-order valence-corrected chi connectivity index (χ2v) is 7.27. The van der Waals surface area contributed by atoms with Gasteiger partial charge in [-0.25, -0.2) is 8.78 Å². The Morgan fingerprint density at radius 1 is 1.00 bits per heavy atom. The van der Waals surface area contributed by atoms with E-state index in [2.05, 4.69) is 11.3 Å². The van der Waals surface area contributed by atoms with Crippen LogP contribution in [0.1, 0.15) is 63.4 Å². The summed E-state index contributed by atoms with van der Waals surface area (Å²) in [6.45, 7) is 0.502. The van der Waals surface area contributed by atoms with E-state index in [9.17, 15) is 17.6 Å². The molecular formula is C21H28F4O. The maximum atomic E-state index is 13.8. The van der Waals surface area contributed by atoms with E-state index in [1.807, 2.05) is 6.08 Å². The molecule has 0 spiro atoms. The average Bonchev–Trinajstić information content (AvgIpc) is 2.61. The zero-order valence-electron chi connectivity index (χ0n) is 15.2. The second-order valence-electron chi connectivity index (χ2n) is 7.27. The molecule has 0 aromatic heterocycles. The number of halogens is 4. The molecule has 0 saturated heterocycles. The van der Waals surface area contributed by atoms with Gasteiger partial charge in [-0.1, -0.05) is 44.6 Å². The van der Waals surface area contributed by atoms with Crippen LogP contribution in [0.15, 0.2) is 24.8 Å². The van der Waals surface area contributed by atoms with E-state index in [1.165, 1.54) is 32.1 Å². The maximum absolute atomic E-state index is 13.8. The maximum Gasteiger partial charge on any atom is 0.387 e. The van der Waals surface area contributed by atoms with Crippen LogP contribution >= 0.6 is 0 Å². The van der Waals surface area contributed by atoms with Crippen molar-refractivity contribution in [3.05, 3.63) is 42.0 Å². The van der Waals surface area contributed by atoms with Crippen LogP contribution < -0.4 is 4.74 Å².